The van der Waals surface area contributed by atoms with Crippen molar-refractivity contribution in [3.63, 3.8) is 0 Å². The summed E-state index contributed by atoms with van der Waals surface area (Å²) in [6.07, 6.45) is 1.20. The molecular weight excluding hydrogens is 317 g/mol. The number of nitrogens with zero attached hydrogens (tertiary/aromatic N) is 2. The van der Waals surface area contributed by atoms with Crippen molar-refractivity contribution < 1.29 is 13.8 Å². The van der Waals surface area contributed by atoms with E-state index in [0.29, 0.717) is 12.3 Å². The Morgan fingerprint density at radius 1 is 1.39 bits per heavy atom. The molecule has 0 spiro atoms. The minimum Gasteiger partial charge on any atom is -0.443 e. The highest BCUT2D eigenvalue weighted by Crippen LogP contribution is 2.26. The fraction of sp³-hybridized carbons (Fsp3) is 0.286. The molecule has 1 aromatic rings. The minimum absolute atomic E-state index is 0.000762. The van der Waals surface area contributed by atoms with Crippen LogP contribution in [0.5, 0.6) is 5.75 Å². The Balaban J connectivity index is 1.77. The Kier molecular flexibility index (Phi) is 5.78. The Hall–Kier alpha value is -2.31. The Morgan fingerprint density at radius 2 is 2.09 bits per heavy atom. The highest BCUT2D eigenvalue weighted by atomic mass is 31.1. The first-order chi connectivity index (χ1) is 11.0. The van der Waals surface area contributed by atoms with Gasteiger partial charge in [-0.3, -0.25) is 9.97 Å². The van der Waals surface area contributed by atoms with Crippen LogP contribution in [0.25, 0.3) is 0 Å². The van der Waals surface area contributed by atoms with Gasteiger partial charge in [0.15, 0.2) is 5.84 Å². The number of rotatable bonds is 7. The second kappa shape index (κ2) is 7.80. The molecule has 0 aromatic heterocycles. The Bertz CT molecular complexity index is 643. The molecule has 1 aliphatic heterocycles. The number of para-hydroxylation sites is 1. The molecule has 8 nitrogen and oxygen atoms in total. The van der Waals surface area contributed by atoms with Gasteiger partial charge in [0, 0.05) is 0 Å². The topological polar surface area (TPSA) is 127 Å². The molecule has 2 rings (SSSR count). The molecule has 124 valence electrons. The van der Waals surface area contributed by atoms with Crippen molar-refractivity contribution in [2.75, 3.05) is 12.9 Å². The van der Waals surface area contributed by atoms with Gasteiger partial charge in [-0.2, -0.15) is 0 Å². The summed E-state index contributed by atoms with van der Waals surface area (Å²) in [4.78, 5) is 5.54. The average molecular weight is 337 g/mol. The largest absolute Gasteiger partial charge is 0.443 e. The van der Waals surface area contributed by atoms with E-state index in [4.69, 9.17) is 26.1 Å². The van der Waals surface area contributed by atoms with Crippen LogP contribution in [-0.2, 0) is 9.30 Å². The quantitative estimate of drug-likeness (QED) is 0.644. The summed E-state index contributed by atoms with van der Waals surface area (Å²) < 4.78 is 22.7. The zero-order valence-corrected chi connectivity index (χ0v) is 13.7. The van der Waals surface area contributed by atoms with E-state index in [1.807, 2.05) is 13.0 Å². The van der Waals surface area contributed by atoms with E-state index in [-0.39, 0.29) is 29.8 Å². The fourth-order valence-electron chi connectivity index (χ4n) is 1.92. The van der Waals surface area contributed by atoms with Gasteiger partial charge in [0.05, 0.1) is 19.0 Å². The summed E-state index contributed by atoms with van der Waals surface area (Å²) in [6, 6.07) is 8.94. The van der Waals surface area contributed by atoms with Crippen LogP contribution in [0, 0.1) is 5.41 Å². The molecule has 0 aliphatic carbocycles. The van der Waals surface area contributed by atoms with Crippen LogP contribution in [-0.4, -0.2) is 36.1 Å². The molecule has 23 heavy (non-hydrogen) atoms. The number of ether oxygens (including phenoxy) is 1. The third-order valence-corrected chi connectivity index (χ3v) is 3.89. The van der Waals surface area contributed by atoms with Crippen LogP contribution in [0.3, 0.4) is 0 Å². The lowest BCUT2D eigenvalue weighted by Gasteiger charge is -2.20. The first-order valence-electron chi connectivity index (χ1n) is 6.99. The van der Waals surface area contributed by atoms with E-state index in [0.717, 1.165) is 0 Å². The lowest BCUT2D eigenvalue weighted by molar-refractivity contribution is 0.0901. The zero-order chi connectivity index (χ0) is 16.8. The lowest BCUT2D eigenvalue weighted by atomic mass is 10.3. The first-order valence-corrected chi connectivity index (χ1v) is 8.52. The summed E-state index contributed by atoms with van der Waals surface area (Å²) >= 11 is 0. The highest BCUT2D eigenvalue weighted by molar-refractivity contribution is 7.39. The number of amidine groups is 1. The lowest BCUT2D eigenvalue weighted by Crippen LogP contribution is -2.34. The standard InChI is InChI=1S/C14H20N5O3P/c1-10(7-19-8-18-12(13(15)16)14(19)17)21-9-23(20)22-11-5-3-2-4-6-11/h2-6,8,10,17,23H,7,9,15-16H2,1H3/t10-/m1/s1. The van der Waals surface area contributed by atoms with E-state index in [1.165, 1.54) is 6.34 Å². The van der Waals surface area contributed by atoms with Crippen LogP contribution in [0.2, 0.25) is 0 Å². The van der Waals surface area contributed by atoms with Crippen LogP contribution < -0.4 is 16.0 Å². The molecule has 0 saturated carbocycles. The molecule has 2 atom stereocenters. The van der Waals surface area contributed by atoms with Crippen molar-refractivity contribution in [1.82, 2.24) is 4.90 Å². The molecule has 5 N–H and O–H groups in total. The van der Waals surface area contributed by atoms with Crippen molar-refractivity contribution in [3.05, 3.63) is 41.8 Å². The molecule has 0 bridgehead atoms. The normalized spacial score (nSPS) is 16.5. The van der Waals surface area contributed by atoms with Gasteiger partial charge >= 0.3 is 0 Å². The van der Waals surface area contributed by atoms with Crippen molar-refractivity contribution in [2.45, 2.75) is 13.0 Å². The number of nitrogens with two attached hydrogens (primary N) is 2. The maximum absolute atomic E-state index is 11.9. The highest BCUT2D eigenvalue weighted by Gasteiger charge is 2.22. The van der Waals surface area contributed by atoms with Gasteiger partial charge in [-0.1, -0.05) is 18.2 Å². The van der Waals surface area contributed by atoms with E-state index in [2.05, 4.69) is 4.99 Å². The molecule has 0 fully saturated rings. The summed E-state index contributed by atoms with van der Waals surface area (Å²) in [6.45, 7) is 2.19. The first kappa shape index (κ1) is 17.1. The van der Waals surface area contributed by atoms with Gasteiger partial charge in [-0.15, -0.1) is 0 Å². The predicted octanol–water partition coefficient (Wildman–Crippen LogP) is 1.31. The molecular formula is C14H20N5O3P. The maximum atomic E-state index is 11.9. The summed E-state index contributed by atoms with van der Waals surface area (Å²) in [5, 5.41) is 7.90. The Morgan fingerprint density at radius 3 is 2.70 bits per heavy atom. The van der Waals surface area contributed by atoms with Crippen LogP contribution >= 0.6 is 8.03 Å². The summed E-state index contributed by atoms with van der Waals surface area (Å²) in [7, 11) is -2.33. The smallest absolute Gasteiger partial charge is 0.261 e. The van der Waals surface area contributed by atoms with Crippen molar-refractivity contribution in [2.24, 2.45) is 16.5 Å². The molecule has 1 aliphatic rings. The van der Waals surface area contributed by atoms with Crippen LogP contribution in [0.1, 0.15) is 6.92 Å². The zero-order valence-electron chi connectivity index (χ0n) is 12.7. The molecule has 0 saturated heterocycles. The third-order valence-electron chi connectivity index (χ3n) is 3.03. The van der Waals surface area contributed by atoms with Gasteiger partial charge in [-0.25, -0.2) is 4.99 Å². The van der Waals surface area contributed by atoms with Gasteiger partial charge in [0.1, 0.15) is 23.6 Å². The SMILES string of the molecule is C[C@H](CN1C=NC(=C(N)N)C1=N)OC[PH](=O)Oc1ccccc1. The molecule has 9 heteroatoms. The van der Waals surface area contributed by atoms with E-state index in [9.17, 15) is 4.57 Å². The van der Waals surface area contributed by atoms with Crippen LogP contribution in [0.4, 0.5) is 0 Å². The van der Waals surface area contributed by atoms with Crippen molar-refractivity contribution in [3.8, 4) is 5.75 Å². The molecule has 0 amide bonds. The number of hydrogen-bond acceptors (Lipinski definition) is 7. The molecule has 1 unspecified atom stereocenters. The van der Waals surface area contributed by atoms with Gasteiger partial charge < -0.3 is 25.6 Å². The summed E-state index contributed by atoms with van der Waals surface area (Å²) in [5.74, 6) is 0.673. The second-order valence-corrected chi connectivity index (χ2v) is 6.20. The average Bonchev–Trinajstić information content (AvgIpc) is 2.87. The monoisotopic (exact) mass is 337 g/mol. The van der Waals surface area contributed by atoms with E-state index < -0.39 is 8.03 Å². The van der Waals surface area contributed by atoms with E-state index >= 15 is 0 Å². The maximum Gasteiger partial charge on any atom is 0.261 e. The molecule has 1 heterocycles. The van der Waals surface area contributed by atoms with Gasteiger partial charge in [-0.05, 0) is 19.1 Å². The Labute approximate surface area is 135 Å². The van der Waals surface area contributed by atoms with Gasteiger partial charge in [0.2, 0.25) is 0 Å². The predicted molar refractivity (Wildman–Crippen MR) is 89.8 cm³/mol. The fourth-order valence-corrected chi connectivity index (χ4v) is 2.80. The van der Waals surface area contributed by atoms with Crippen LogP contribution in [0.15, 0.2) is 46.8 Å². The number of nitrogens with one attached hydrogen (secondary N) is 1. The number of aliphatic imine (C=N–C) groups is 1. The number of benzene rings is 1. The van der Waals surface area contributed by atoms with Gasteiger partial charge in [0.25, 0.3) is 8.03 Å². The third kappa shape index (κ3) is 4.84. The molecule has 1 aromatic carbocycles. The van der Waals surface area contributed by atoms with Crippen molar-refractivity contribution in [1.29, 1.82) is 5.41 Å². The van der Waals surface area contributed by atoms with E-state index in [1.54, 1.807) is 29.2 Å². The van der Waals surface area contributed by atoms with Crippen molar-refractivity contribution >= 4 is 20.2 Å². The molecule has 0 radical (unpaired) electrons. The number of hydrogen-bond donors (Lipinski definition) is 3. The second-order valence-electron chi connectivity index (χ2n) is 4.96. The minimum atomic E-state index is -2.33. The summed E-state index contributed by atoms with van der Waals surface area (Å²) in [5.41, 5.74) is 11.1.